The molecule has 0 saturated heterocycles. The Hall–Kier alpha value is -1.26. The molecule has 102 valence electrons. The van der Waals surface area contributed by atoms with Crippen molar-refractivity contribution < 1.29 is 14.6 Å². The molecule has 0 radical (unpaired) electrons. The first-order chi connectivity index (χ1) is 8.57. The summed E-state index contributed by atoms with van der Waals surface area (Å²) >= 11 is 0. The largest absolute Gasteiger partial charge is 0.494 e. The van der Waals surface area contributed by atoms with E-state index < -0.39 is 5.60 Å². The predicted octanol–water partition coefficient (Wildman–Crippen LogP) is 1.95. The first kappa shape index (κ1) is 14.8. The molecule has 0 aliphatic rings. The molecule has 18 heavy (non-hydrogen) atoms. The van der Waals surface area contributed by atoms with Crippen molar-refractivity contribution >= 4 is 0 Å². The summed E-state index contributed by atoms with van der Waals surface area (Å²) in [6, 6.07) is 7.53. The van der Waals surface area contributed by atoms with E-state index in [4.69, 9.17) is 15.2 Å². The summed E-state index contributed by atoms with van der Waals surface area (Å²) in [5.41, 5.74) is 4.65. The highest BCUT2D eigenvalue weighted by Crippen LogP contribution is 2.18. The van der Waals surface area contributed by atoms with Gasteiger partial charge in [-0.3, -0.25) is 0 Å². The van der Waals surface area contributed by atoms with E-state index in [2.05, 4.69) is 0 Å². The highest BCUT2D eigenvalue weighted by molar-refractivity contribution is 5.31. The van der Waals surface area contributed by atoms with E-state index in [1.54, 1.807) is 6.92 Å². The molecule has 1 rings (SSSR count). The first-order valence-electron chi connectivity index (χ1n) is 6.35. The zero-order valence-electron chi connectivity index (χ0n) is 11.2. The van der Waals surface area contributed by atoms with Gasteiger partial charge in [-0.2, -0.15) is 0 Å². The third-order valence-electron chi connectivity index (χ3n) is 2.70. The van der Waals surface area contributed by atoms with E-state index in [0.29, 0.717) is 19.6 Å². The van der Waals surface area contributed by atoms with Gasteiger partial charge in [0, 0.05) is 6.54 Å². The van der Waals surface area contributed by atoms with Gasteiger partial charge in [-0.05, 0) is 51.0 Å². The van der Waals surface area contributed by atoms with E-state index in [1.165, 1.54) is 0 Å². The Morgan fingerprint density at radius 1 is 1.17 bits per heavy atom. The summed E-state index contributed by atoms with van der Waals surface area (Å²) in [6.07, 6.45) is 1.41. The minimum absolute atomic E-state index is 0.274. The van der Waals surface area contributed by atoms with E-state index in [0.717, 1.165) is 17.9 Å². The molecule has 4 heteroatoms. The number of nitrogens with two attached hydrogens (primary N) is 1. The average Bonchev–Trinajstić information content (AvgIpc) is 2.37. The highest BCUT2D eigenvalue weighted by Gasteiger charge is 2.16. The monoisotopic (exact) mass is 253 g/mol. The van der Waals surface area contributed by atoms with Crippen molar-refractivity contribution in [2.45, 2.75) is 32.3 Å². The fourth-order valence-corrected chi connectivity index (χ4v) is 1.54. The van der Waals surface area contributed by atoms with Crippen LogP contribution in [0.5, 0.6) is 11.5 Å². The fourth-order valence-electron chi connectivity index (χ4n) is 1.54. The van der Waals surface area contributed by atoms with Gasteiger partial charge in [-0.25, -0.2) is 0 Å². The number of aliphatic hydroxyl groups is 1. The van der Waals surface area contributed by atoms with Gasteiger partial charge in [-0.1, -0.05) is 0 Å². The van der Waals surface area contributed by atoms with Crippen molar-refractivity contribution in [2.24, 2.45) is 5.73 Å². The molecule has 0 heterocycles. The molecule has 0 fully saturated rings. The molecule has 1 unspecified atom stereocenters. The van der Waals surface area contributed by atoms with Crippen LogP contribution in [0, 0.1) is 0 Å². The second kappa shape index (κ2) is 7.24. The van der Waals surface area contributed by atoms with E-state index in [-0.39, 0.29) is 6.54 Å². The standard InChI is InChI=1S/C14H23NO3/c1-3-17-12-5-7-13(8-6-12)18-10-4-9-14(2,16)11-15/h5-8,16H,3-4,9-11,15H2,1-2H3. The molecule has 1 aromatic carbocycles. The van der Waals surface area contributed by atoms with Crippen LogP contribution in [0.3, 0.4) is 0 Å². The molecular weight excluding hydrogens is 230 g/mol. The summed E-state index contributed by atoms with van der Waals surface area (Å²) in [7, 11) is 0. The second-order valence-corrected chi connectivity index (χ2v) is 4.56. The summed E-state index contributed by atoms with van der Waals surface area (Å²) in [5, 5.41) is 9.72. The molecule has 0 aliphatic carbocycles. The van der Waals surface area contributed by atoms with Gasteiger partial charge >= 0.3 is 0 Å². The highest BCUT2D eigenvalue weighted by atomic mass is 16.5. The van der Waals surface area contributed by atoms with Crippen LogP contribution in [0.25, 0.3) is 0 Å². The van der Waals surface area contributed by atoms with Gasteiger partial charge in [-0.15, -0.1) is 0 Å². The zero-order valence-corrected chi connectivity index (χ0v) is 11.2. The number of hydrogen-bond acceptors (Lipinski definition) is 4. The van der Waals surface area contributed by atoms with E-state index >= 15 is 0 Å². The van der Waals surface area contributed by atoms with Crippen molar-refractivity contribution in [3.8, 4) is 11.5 Å². The molecule has 1 atom stereocenters. The molecule has 4 nitrogen and oxygen atoms in total. The first-order valence-corrected chi connectivity index (χ1v) is 6.35. The molecule has 1 aromatic rings. The Morgan fingerprint density at radius 2 is 1.72 bits per heavy atom. The molecule has 0 amide bonds. The quantitative estimate of drug-likeness (QED) is 0.695. The van der Waals surface area contributed by atoms with Gasteiger partial charge in [0.25, 0.3) is 0 Å². The number of hydrogen-bond donors (Lipinski definition) is 2. The van der Waals surface area contributed by atoms with Crippen molar-refractivity contribution in [3.05, 3.63) is 24.3 Å². The van der Waals surface area contributed by atoms with Crippen molar-refractivity contribution in [3.63, 3.8) is 0 Å². The van der Waals surface area contributed by atoms with Crippen LogP contribution in [-0.4, -0.2) is 30.5 Å². The minimum atomic E-state index is -0.790. The Bertz CT molecular complexity index is 335. The fraction of sp³-hybridized carbons (Fsp3) is 0.571. The Kier molecular flexibility index (Phi) is 5.95. The van der Waals surface area contributed by atoms with Crippen LogP contribution in [0.2, 0.25) is 0 Å². The number of ether oxygens (including phenoxy) is 2. The summed E-state index contributed by atoms with van der Waals surface area (Å²) in [5.74, 6) is 1.65. The number of benzene rings is 1. The maximum atomic E-state index is 9.72. The molecule has 0 saturated carbocycles. The predicted molar refractivity (Wildman–Crippen MR) is 72.0 cm³/mol. The van der Waals surface area contributed by atoms with Gasteiger partial charge in [0.2, 0.25) is 0 Å². The van der Waals surface area contributed by atoms with Crippen LogP contribution < -0.4 is 15.2 Å². The lowest BCUT2D eigenvalue weighted by atomic mass is 10.0. The van der Waals surface area contributed by atoms with Gasteiger partial charge in [0.1, 0.15) is 11.5 Å². The van der Waals surface area contributed by atoms with Crippen molar-refractivity contribution in [1.29, 1.82) is 0 Å². The molecule has 0 aromatic heterocycles. The van der Waals surface area contributed by atoms with Crippen LogP contribution in [0.4, 0.5) is 0 Å². The van der Waals surface area contributed by atoms with Crippen LogP contribution in [0.15, 0.2) is 24.3 Å². The Balaban J connectivity index is 2.27. The lowest BCUT2D eigenvalue weighted by Crippen LogP contribution is -2.34. The maximum absolute atomic E-state index is 9.72. The van der Waals surface area contributed by atoms with E-state index in [9.17, 15) is 5.11 Å². The summed E-state index contributed by atoms with van der Waals surface area (Å²) in [6.45, 7) is 5.20. The SMILES string of the molecule is CCOc1ccc(OCCCC(C)(O)CN)cc1. The lowest BCUT2D eigenvalue weighted by molar-refractivity contribution is 0.0536. The van der Waals surface area contributed by atoms with E-state index in [1.807, 2.05) is 31.2 Å². The third-order valence-corrected chi connectivity index (χ3v) is 2.70. The van der Waals surface area contributed by atoms with Gasteiger partial charge in [0.05, 0.1) is 18.8 Å². The number of rotatable bonds is 8. The van der Waals surface area contributed by atoms with Crippen molar-refractivity contribution in [1.82, 2.24) is 0 Å². The van der Waals surface area contributed by atoms with Crippen molar-refractivity contribution in [2.75, 3.05) is 19.8 Å². The van der Waals surface area contributed by atoms with Gasteiger partial charge < -0.3 is 20.3 Å². The summed E-state index contributed by atoms with van der Waals surface area (Å²) < 4.78 is 10.9. The molecule has 0 spiro atoms. The Morgan fingerprint density at radius 3 is 2.22 bits per heavy atom. The topological polar surface area (TPSA) is 64.7 Å². The normalized spacial score (nSPS) is 14.0. The average molecular weight is 253 g/mol. The maximum Gasteiger partial charge on any atom is 0.119 e. The van der Waals surface area contributed by atoms with Crippen LogP contribution >= 0.6 is 0 Å². The lowest BCUT2D eigenvalue weighted by Gasteiger charge is -2.20. The second-order valence-electron chi connectivity index (χ2n) is 4.56. The minimum Gasteiger partial charge on any atom is -0.494 e. The molecule has 0 bridgehead atoms. The third kappa shape index (κ3) is 5.38. The molecular formula is C14H23NO3. The Labute approximate surface area is 109 Å². The zero-order chi connectivity index (χ0) is 13.4. The smallest absolute Gasteiger partial charge is 0.119 e. The molecule has 0 aliphatic heterocycles. The van der Waals surface area contributed by atoms with Crippen LogP contribution in [0.1, 0.15) is 26.7 Å². The summed E-state index contributed by atoms with van der Waals surface area (Å²) in [4.78, 5) is 0. The molecule has 3 N–H and O–H groups in total. The van der Waals surface area contributed by atoms with Crippen LogP contribution in [-0.2, 0) is 0 Å². The van der Waals surface area contributed by atoms with Gasteiger partial charge in [0.15, 0.2) is 0 Å².